The van der Waals surface area contributed by atoms with Gasteiger partial charge in [-0.15, -0.1) is 0 Å². The number of carbonyl (C=O) groups is 3. The second kappa shape index (κ2) is 44.0. The van der Waals surface area contributed by atoms with Crippen LogP contribution in [0.1, 0.15) is 279 Å². The molecule has 0 aliphatic heterocycles. The highest BCUT2D eigenvalue weighted by atomic mass is 16.6. The normalized spacial score (nSPS) is 12.1. The lowest BCUT2D eigenvalue weighted by Gasteiger charge is -2.18. The van der Waals surface area contributed by atoms with E-state index < -0.39 is 6.10 Å². The number of ether oxygens (including phenoxy) is 3. The molecule has 0 aromatic carbocycles. The predicted octanol–water partition coefficient (Wildman–Crippen LogP) is 16.1. The van der Waals surface area contributed by atoms with Crippen LogP contribution >= 0.6 is 0 Å². The van der Waals surface area contributed by atoms with Crippen LogP contribution in [-0.4, -0.2) is 37.2 Å². The van der Waals surface area contributed by atoms with Gasteiger partial charge < -0.3 is 14.2 Å². The number of esters is 3. The number of carbonyl (C=O) groups excluding carboxylic acids is 3. The van der Waals surface area contributed by atoms with E-state index in [0.29, 0.717) is 19.3 Å². The maximum atomic E-state index is 12.7. The minimum Gasteiger partial charge on any atom is -0.462 e. The Hall–Kier alpha value is -1.59. The maximum Gasteiger partial charge on any atom is 0.306 e. The number of rotatable bonds is 45. The van der Waals surface area contributed by atoms with Gasteiger partial charge in [0.2, 0.25) is 0 Å². The summed E-state index contributed by atoms with van der Waals surface area (Å²) in [6.45, 7) is 11.3. The fraction of sp³-hybridized carbons (Fsp3) is 0.941. The molecule has 0 aliphatic carbocycles. The highest BCUT2D eigenvalue weighted by Gasteiger charge is 2.19. The highest BCUT2D eigenvalue weighted by molar-refractivity contribution is 5.71. The van der Waals surface area contributed by atoms with Crippen LogP contribution in [0.3, 0.4) is 0 Å². The highest BCUT2D eigenvalue weighted by Crippen LogP contribution is 2.17. The molecule has 57 heavy (non-hydrogen) atoms. The average Bonchev–Trinajstić information content (AvgIpc) is 3.18. The molecule has 0 rings (SSSR count). The van der Waals surface area contributed by atoms with Gasteiger partial charge in [-0.25, -0.2) is 0 Å². The van der Waals surface area contributed by atoms with Crippen molar-refractivity contribution in [1.82, 2.24) is 0 Å². The van der Waals surface area contributed by atoms with Gasteiger partial charge in [-0.1, -0.05) is 240 Å². The van der Waals surface area contributed by atoms with Crippen molar-refractivity contribution >= 4 is 17.9 Å². The molecule has 0 spiro atoms. The molecule has 6 nitrogen and oxygen atoms in total. The van der Waals surface area contributed by atoms with Crippen molar-refractivity contribution in [3.8, 4) is 0 Å². The van der Waals surface area contributed by atoms with E-state index in [2.05, 4.69) is 34.6 Å². The molecule has 0 radical (unpaired) electrons. The Kier molecular flexibility index (Phi) is 42.7. The fourth-order valence-corrected chi connectivity index (χ4v) is 7.64. The first-order valence-corrected chi connectivity index (χ1v) is 25.2. The summed E-state index contributed by atoms with van der Waals surface area (Å²) in [7, 11) is 0. The van der Waals surface area contributed by atoms with Crippen LogP contribution in [0.2, 0.25) is 0 Å². The number of hydrogen-bond donors (Lipinski definition) is 0. The molecule has 6 heteroatoms. The monoisotopic (exact) mass is 807 g/mol. The SMILES string of the molecule is CCCCCCCCCC(=O)OC[C@@H](COC(=O)CCCCCCCCCCCCCCCCCCC(C)C)OC(=O)CCCCCCCCCCCCC(C)C. The third kappa shape index (κ3) is 45.3. The zero-order valence-corrected chi connectivity index (χ0v) is 39.0. The standard InChI is InChI=1S/C51H98O6/c1-6-7-8-9-24-31-36-41-49(52)55-44-48(57-51(54)43-38-33-28-23-19-18-21-26-30-35-40-47(4)5)45-56-50(53)42-37-32-27-22-17-15-13-11-10-12-14-16-20-25-29-34-39-46(2)3/h46-48H,6-45H2,1-5H3/t48-/m0/s1. The molecule has 1 atom stereocenters. The molecule has 0 aromatic rings. The smallest absolute Gasteiger partial charge is 0.306 e. The molecule has 0 saturated heterocycles. The van der Waals surface area contributed by atoms with E-state index in [1.807, 2.05) is 0 Å². The van der Waals surface area contributed by atoms with Gasteiger partial charge in [0.15, 0.2) is 6.10 Å². The summed E-state index contributed by atoms with van der Waals surface area (Å²) in [6.07, 6.45) is 43.9. The summed E-state index contributed by atoms with van der Waals surface area (Å²) in [5.41, 5.74) is 0. The lowest BCUT2D eigenvalue weighted by atomic mass is 10.0. The summed E-state index contributed by atoms with van der Waals surface area (Å²) in [5.74, 6) is 0.812. The third-order valence-electron chi connectivity index (χ3n) is 11.5. The molecular formula is C51H98O6. The molecule has 338 valence electrons. The van der Waals surface area contributed by atoms with Gasteiger partial charge in [0, 0.05) is 19.3 Å². The molecule has 0 aromatic heterocycles. The van der Waals surface area contributed by atoms with Crippen LogP contribution in [0.4, 0.5) is 0 Å². The average molecular weight is 807 g/mol. The molecule has 0 amide bonds. The minimum absolute atomic E-state index is 0.0643. The van der Waals surface area contributed by atoms with Crippen molar-refractivity contribution in [2.24, 2.45) is 11.8 Å². The fourth-order valence-electron chi connectivity index (χ4n) is 7.64. The topological polar surface area (TPSA) is 78.9 Å². The summed E-state index contributed by atoms with van der Waals surface area (Å²) < 4.78 is 16.7. The van der Waals surface area contributed by atoms with Crippen molar-refractivity contribution in [2.45, 2.75) is 285 Å². The van der Waals surface area contributed by atoms with E-state index in [-0.39, 0.29) is 31.1 Å². The van der Waals surface area contributed by atoms with E-state index in [1.54, 1.807) is 0 Å². The first-order valence-electron chi connectivity index (χ1n) is 25.2. The van der Waals surface area contributed by atoms with Crippen LogP contribution in [0.5, 0.6) is 0 Å². The van der Waals surface area contributed by atoms with Gasteiger partial charge >= 0.3 is 17.9 Å². The zero-order valence-electron chi connectivity index (χ0n) is 39.0. The zero-order chi connectivity index (χ0) is 41.9. The van der Waals surface area contributed by atoms with Crippen LogP contribution in [-0.2, 0) is 28.6 Å². The quantitative estimate of drug-likeness (QED) is 0.0346. The van der Waals surface area contributed by atoms with Crippen molar-refractivity contribution in [3.63, 3.8) is 0 Å². The summed E-state index contributed by atoms with van der Waals surface area (Å²) >= 11 is 0. The van der Waals surface area contributed by atoms with Crippen molar-refractivity contribution in [3.05, 3.63) is 0 Å². The lowest BCUT2D eigenvalue weighted by Crippen LogP contribution is -2.30. The van der Waals surface area contributed by atoms with E-state index in [4.69, 9.17) is 14.2 Å². The van der Waals surface area contributed by atoms with Gasteiger partial charge in [0.25, 0.3) is 0 Å². The number of unbranched alkanes of at least 4 members (excludes halogenated alkanes) is 30. The molecule has 0 bridgehead atoms. The predicted molar refractivity (Wildman–Crippen MR) is 243 cm³/mol. The van der Waals surface area contributed by atoms with Gasteiger partial charge in [-0.3, -0.25) is 14.4 Å². The first-order chi connectivity index (χ1) is 27.7. The summed E-state index contributed by atoms with van der Waals surface area (Å²) in [6, 6.07) is 0. The molecule has 0 heterocycles. The molecule has 0 fully saturated rings. The lowest BCUT2D eigenvalue weighted by molar-refractivity contribution is -0.167. The second-order valence-electron chi connectivity index (χ2n) is 18.4. The Morgan fingerprint density at radius 1 is 0.333 bits per heavy atom. The molecular weight excluding hydrogens is 709 g/mol. The Labute approximate surface area is 355 Å². The van der Waals surface area contributed by atoms with E-state index in [1.165, 1.54) is 167 Å². The van der Waals surface area contributed by atoms with Gasteiger partial charge in [-0.05, 0) is 31.1 Å². The Bertz CT molecular complexity index is 870. The Morgan fingerprint density at radius 2 is 0.579 bits per heavy atom. The molecule has 0 saturated carbocycles. The van der Waals surface area contributed by atoms with Gasteiger partial charge in [-0.2, -0.15) is 0 Å². The third-order valence-corrected chi connectivity index (χ3v) is 11.5. The maximum absolute atomic E-state index is 12.7. The van der Waals surface area contributed by atoms with Crippen LogP contribution in [0.15, 0.2) is 0 Å². The minimum atomic E-state index is -0.760. The second-order valence-corrected chi connectivity index (χ2v) is 18.4. The van der Waals surface area contributed by atoms with Gasteiger partial charge in [0.05, 0.1) is 0 Å². The van der Waals surface area contributed by atoms with Crippen molar-refractivity contribution in [2.75, 3.05) is 13.2 Å². The molecule has 0 unspecified atom stereocenters. The van der Waals surface area contributed by atoms with Gasteiger partial charge in [0.1, 0.15) is 13.2 Å². The largest absolute Gasteiger partial charge is 0.462 e. The number of hydrogen-bond acceptors (Lipinski definition) is 6. The van der Waals surface area contributed by atoms with Crippen molar-refractivity contribution < 1.29 is 28.6 Å². The molecule has 0 aliphatic rings. The van der Waals surface area contributed by atoms with Crippen molar-refractivity contribution in [1.29, 1.82) is 0 Å². The van der Waals surface area contributed by atoms with E-state index in [0.717, 1.165) is 69.6 Å². The first kappa shape index (κ1) is 55.4. The van der Waals surface area contributed by atoms with E-state index in [9.17, 15) is 14.4 Å². The van der Waals surface area contributed by atoms with Crippen LogP contribution in [0.25, 0.3) is 0 Å². The molecule has 0 N–H and O–H groups in total. The van der Waals surface area contributed by atoms with Crippen LogP contribution in [0, 0.1) is 11.8 Å². The van der Waals surface area contributed by atoms with E-state index >= 15 is 0 Å². The summed E-state index contributed by atoms with van der Waals surface area (Å²) in [4.78, 5) is 37.7. The summed E-state index contributed by atoms with van der Waals surface area (Å²) in [5, 5.41) is 0. The Balaban J connectivity index is 4.17. The Morgan fingerprint density at radius 3 is 0.860 bits per heavy atom. The van der Waals surface area contributed by atoms with Crippen LogP contribution < -0.4 is 0 Å².